The van der Waals surface area contributed by atoms with Gasteiger partial charge in [-0.2, -0.15) is 11.8 Å². The molecule has 1 heterocycles. The molecule has 1 aliphatic heterocycles. The van der Waals surface area contributed by atoms with Gasteiger partial charge in [-0.05, 0) is 44.8 Å². The Labute approximate surface area is 134 Å². The number of carbonyl (C=O) groups excluding carboxylic acids is 1. The molecule has 0 bridgehead atoms. The number of carbonyl (C=O) groups is 1. The van der Waals surface area contributed by atoms with Crippen molar-refractivity contribution in [3.63, 3.8) is 0 Å². The van der Waals surface area contributed by atoms with E-state index >= 15 is 0 Å². The van der Waals surface area contributed by atoms with Crippen LogP contribution in [0, 0.1) is 5.41 Å². The Kier molecular flexibility index (Phi) is 6.85. The predicted octanol–water partition coefficient (Wildman–Crippen LogP) is 3.41. The second-order valence-corrected chi connectivity index (χ2v) is 8.67. The van der Waals surface area contributed by atoms with Crippen molar-refractivity contribution in [2.24, 2.45) is 5.41 Å². The van der Waals surface area contributed by atoms with Crippen molar-refractivity contribution in [1.29, 1.82) is 0 Å². The van der Waals surface area contributed by atoms with E-state index in [1.165, 1.54) is 12.2 Å². The molecule has 1 fully saturated rings. The normalized spacial score (nSPS) is 23.4. The lowest BCUT2D eigenvalue weighted by Crippen LogP contribution is -2.53. The summed E-state index contributed by atoms with van der Waals surface area (Å²) in [6.45, 7) is 13.1. The molecule has 0 aliphatic carbocycles. The minimum atomic E-state index is -0.443. The van der Waals surface area contributed by atoms with Gasteiger partial charge in [-0.1, -0.05) is 20.8 Å². The fourth-order valence-corrected chi connectivity index (χ4v) is 3.96. The Morgan fingerprint density at radius 1 is 1.43 bits per heavy atom. The molecule has 5 heteroatoms. The molecule has 1 saturated heterocycles. The van der Waals surface area contributed by atoms with Crippen molar-refractivity contribution in [3.05, 3.63) is 0 Å². The highest BCUT2D eigenvalue weighted by molar-refractivity contribution is 7.99. The summed E-state index contributed by atoms with van der Waals surface area (Å²) >= 11 is 2.02. The van der Waals surface area contributed by atoms with E-state index in [0.717, 1.165) is 12.2 Å². The SMILES string of the molecule is CCC(CNC(=O)OC(C)(C)C)NC1CSCCC1(C)C. The Balaban J connectivity index is 2.43. The van der Waals surface area contributed by atoms with Crippen LogP contribution >= 0.6 is 11.8 Å². The monoisotopic (exact) mass is 316 g/mol. The molecule has 2 unspecified atom stereocenters. The average Bonchev–Trinajstić information content (AvgIpc) is 2.33. The van der Waals surface area contributed by atoms with E-state index in [2.05, 4.69) is 31.4 Å². The highest BCUT2D eigenvalue weighted by atomic mass is 32.2. The summed E-state index contributed by atoms with van der Waals surface area (Å²) in [6, 6.07) is 0.794. The standard InChI is InChI=1S/C16H32N2O2S/c1-7-12(10-17-14(19)20-15(2,3)4)18-13-11-21-9-8-16(13,5)6/h12-13,18H,7-11H2,1-6H3,(H,17,19). The average molecular weight is 317 g/mol. The largest absolute Gasteiger partial charge is 0.444 e. The van der Waals surface area contributed by atoms with E-state index in [-0.39, 0.29) is 6.09 Å². The second kappa shape index (κ2) is 7.73. The third-order valence-corrected chi connectivity index (χ3v) is 5.00. The van der Waals surface area contributed by atoms with E-state index in [9.17, 15) is 4.79 Å². The van der Waals surface area contributed by atoms with Crippen molar-refractivity contribution >= 4 is 17.9 Å². The minimum absolute atomic E-state index is 0.292. The van der Waals surface area contributed by atoms with Gasteiger partial charge >= 0.3 is 6.09 Å². The van der Waals surface area contributed by atoms with Gasteiger partial charge in [0.1, 0.15) is 5.60 Å². The van der Waals surface area contributed by atoms with E-state index in [0.29, 0.717) is 24.0 Å². The van der Waals surface area contributed by atoms with Gasteiger partial charge in [-0.3, -0.25) is 0 Å². The highest BCUT2D eigenvalue weighted by Crippen LogP contribution is 2.34. The zero-order valence-corrected chi connectivity index (χ0v) is 15.2. The lowest BCUT2D eigenvalue weighted by molar-refractivity contribution is 0.0520. The summed E-state index contributed by atoms with van der Waals surface area (Å²) in [5, 5.41) is 6.60. The molecule has 4 nitrogen and oxygen atoms in total. The first-order valence-corrected chi connectivity index (χ1v) is 9.10. The Morgan fingerprint density at radius 3 is 2.62 bits per heavy atom. The summed E-state index contributed by atoms with van der Waals surface area (Å²) in [5.74, 6) is 2.40. The van der Waals surface area contributed by atoms with Crippen LogP contribution in [-0.2, 0) is 4.74 Å². The molecule has 0 aromatic carbocycles. The summed E-state index contributed by atoms with van der Waals surface area (Å²) < 4.78 is 5.28. The van der Waals surface area contributed by atoms with Crippen molar-refractivity contribution in [1.82, 2.24) is 10.6 Å². The Morgan fingerprint density at radius 2 is 2.10 bits per heavy atom. The molecule has 0 aromatic rings. The van der Waals surface area contributed by atoms with Crippen LogP contribution in [-0.4, -0.2) is 41.8 Å². The summed E-state index contributed by atoms with van der Waals surface area (Å²) in [6.07, 6.45) is 1.90. The molecule has 0 radical (unpaired) electrons. The lowest BCUT2D eigenvalue weighted by atomic mass is 9.82. The first kappa shape index (κ1) is 18.6. The zero-order valence-electron chi connectivity index (χ0n) is 14.4. The predicted molar refractivity (Wildman–Crippen MR) is 91.0 cm³/mol. The van der Waals surface area contributed by atoms with Crippen LogP contribution in [0.4, 0.5) is 4.79 Å². The first-order chi connectivity index (χ1) is 9.64. The molecule has 2 N–H and O–H groups in total. The van der Waals surface area contributed by atoms with Crippen LogP contribution in [0.15, 0.2) is 0 Å². The van der Waals surface area contributed by atoms with Gasteiger partial charge in [-0.25, -0.2) is 4.79 Å². The third kappa shape index (κ3) is 6.92. The molecule has 0 aromatic heterocycles. The number of alkyl carbamates (subject to hydrolysis) is 1. The smallest absolute Gasteiger partial charge is 0.407 e. The molecule has 1 amide bonds. The van der Waals surface area contributed by atoms with Crippen LogP contribution in [0.3, 0.4) is 0 Å². The number of amides is 1. The van der Waals surface area contributed by atoms with Crippen LogP contribution < -0.4 is 10.6 Å². The second-order valence-electron chi connectivity index (χ2n) is 7.52. The topological polar surface area (TPSA) is 50.4 Å². The van der Waals surface area contributed by atoms with Crippen LogP contribution in [0.1, 0.15) is 54.4 Å². The summed E-state index contributed by atoms with van der Waals surface area (Å²) in [4.78, 5) is 11.7. The van der Waals surface area contributed by atoms with Gasteiger partial charge in [0.2, 0.25) is 0 Å². The Hall–Kier alpha value is -0.420. The van der Waals surface area contributed by atoms with E-state index < -0.39 is 5.60 Å². The molecule has 0 spiro atoms. The maximum atomic E-state index is 11.7. The molecular formula is C16H32N2O2S. The maximum absolute atomic E-state index is 11.7. The van der Waals surface area contributed by atoms with E-state index in [4.69, 9.17) is 4.74 Å². The highest BCUT2D eigenvalue weighted by Gasteiger charge is 2.33. The molecule has 0 saturated carbocycles. The van der Waals surface area contributed by atoms with Crippen molar-refractivity contribution in [2.45, 2.75) is 72.1 Å². The number of ether oxygens (including phenoxy) is 1. The van der Waals surface area contributed by atoms with E-state index in [1.807, 2.05) is 32.5 Å². The van der Waals surface area contributed by atoms with E-state index in [1.54, 1.807) is 0 Å². The molecule has 2 atom stereocenters. The number of thioether (sulfide) groups is 1. The first-order valence-electron chi connectivity index (χ1n) is 7.94. The zero-order chi connectivity index (χ0) is 16.1. The number of nitrogens with one attached hydrogen (secondary N) is 2. The molecule has 1 aliphatic rings. The number of rotatable bonds is 5. The minimum Gasteiger partial charge on any atom is -0.444 e. The quantitative estimate of drug-likeness (QED) is 0.816. The van der Waals surface area contributed by atoms with Crippen LogP contribution in [0.25, 0.3) is 0 Å². The summed E-state index contributed by atoms with van der Waals surface area (Å²) in [7, 11) is 0. The van der Waals surface area contributed by atoms with Gasteiger partial charge in [0.25, 0.3) is 0 Å². The number of hydrogen-bond donors (Lipinski definition) is 2. The molecule has 124 valence electrons. The van der Waals surface area contributed by atoms with Crippen molar-refractivity contribution in [3.8, 4) is 0 Å². The number of hydrogen-bond acceptors (Lipinski definition) is 4. The fourth-order valence-electron chi connectivity index (χ4n) is 2.34. The van der Waals surface area contributed by atoms with Gasteiger partial charge in [0, 0.05) is 24.4 Å². The summed E-state index contributed by atoms with van der Waals surface area (Å²) in [5.41, 5.74) is -0.119. The Bertz CT molecular complexity index is 340. The van der Waals surface area contributed by atoms with Gasteiger partial charge in [0.15, 0.2) is 0 Å². The molecule has 21 heavy (non-hydrogen) atoms. The van der Waals surface area contributed by atoms with Crippen molar-refractivity contribution in [2.75, 3.05) is 18.1 Å². The van der Waals surface area contributed by atoms with Gasteiger partial charge in [0.05, 0.1) is 0 Å². The fraction of sp³-hybridized carbons (Fsp3) is 0.938. The van der Waals surface area contributed by atoms with Gasteiger partial charge in [-0.15, -0.1) is 0 Å². The van der Waals surface area contributed by atoms with Gasteiger partial charge < -0.3 is 15.4 Å². The third-order valence-electron chi connectivity index (χ3n) is 3.94. The van der Waals surface area contributed by atoms with Crippen LogP contribution in [0.2, 0.25) is 0 Å². The molecule has 1 rings (SSSR count). The maximum Gasteiger partial charge on any atom is 0.407 e. The van der Waals surface area contributed by atoms with Crippen molar-refractivity contribution < 1.29 is 9.53 Å². The van der Waals surface area contributed by atoms with Crippen LogP contribution in [0.5, 0.6) is 0 Å². The molecular weight excluding hydrogens is 284 g/mol. The lowest BCUT2D eigenvalue weighted by Gasteiger charge is -2.41.